The van der Waals surface area contributed by atoms with Gasteiger partial charge in [0.1, 0.15) is 16.5 Å². The summed E-state index contributed by atoms with van der Waals surface area (Å²) in [6.07, 6.45) is 0. The van der Waals surface area contributed by atoms with Gasteiger partial charge in [-0.1, -0.05) is 30.3 Å². The standard InChI is InChI=1S/C18H15F2N3O3S/c19-14-6-8-17(15(20)12-14)27(25,26)21-10-11-23-18(24)9-7-16(22-23)13-4-2-1-3-5-13/h1-9,12,21H,10-11H2. The second-order valence-corrected chi connectivity index (χ2v) is 7.35. The molecule has 0 amide bonds. The van der Waals surface area contributed by atoms with Crippen LogP contribution in [0.1, 0.15) is 0 Å². The molecule has 1 aromatic heterocycles. The minimum atomic E-state index is -4.19. The van der Waals surface area contributed by atoms with Crippen LogP contribution < -0.4 is 10.3 Å². The Kier molecular flexibility index (Phi) is 5.43. The third kappa shape index (κ3) is 4.44. The van der Waals surface area contributed by atoms with Gasteiger partial charge in [-0.05, 0) is 18.2 Å². The summed E-state index contributed by atoms with van der Waals surface area (Å²) in [6.45, 7) is -0.244. The summed E-state index contributed by atoms with van der Waals surface area (Å²) in [7, 11) is -4.19. The van der Waals surface area contributed by atoms with E-state index in [9.17, 15) is 22.0 Å². The number of sulfonamides is 1. The first-order valence-electron chi connectivity index (χ1n) is 7.95. The number of hydrogen-bond acceptors (Lipinski definition) is 4. The highest BCUT2D eigenvalue weighted by atomic mass is 32.2. The molecule has 0 fully saturated rings. The van der Waals surface area contributed by atoms with Crippen molar-refractivity contribution in [3.05, 3.63) is 82.7 Å². The SMILES string of the molecule is O=c1ccc(-c2ccccc2)nn1CCNS(=O)(=O)c1ccc(F)cc1F. The molecule has 6 nitrogen and oxygen atoms in total. The van der Waals surface area contributed by atoms with Crippen molar-refractivity contribution in [3.8, 4) is 11.3 Å². The topological polar surface area (TPSA) is 81.1 Å². The number of aromatic nitrogens is 2. The van der Waals surface area contributed by atoms with E-state index in [-0.39, 0.29) is 13.1 Å². The number of hydrogen-bond donors (Lipinski definition) is 1. The van der Waals surface area contributed by atoms with Crippen molar-refractivity contribution in [3.63, 3.8) is 0 Å². The van der Waals surface area contributed by atoms with Crippen LogP contribution in [0, 0.1) is 11.6 Å². The van der Waals surface area contributed by atoms with Gasteiger partial charge in [0.25, 0.3) is 5.56 Å². The van der Waals surface area contributed by atoms with E-state index in [1.807, 2.05) is 30.3 Å². The first-order chi connectivity index (χ1) is 12.9. The van der Waals surface area contributed by atoms with Gasteiger partial charge in [0.05, 0.1) is 12.2 Å². The average molecular weight is 391 g/mol. The van der Waals surface area contributed by atoms with Crippen LogP contribution in [0.2, 0.25) is 0 Å². The summed E-state index contributed by atoms with van der Waals surface area (Å²) in [4.78, 5) is 11.3. The highest BCUT2D eigenvalue weighted by molar-refractivity contribution is 7.89. The number of rotatable bonds is 6. The predicted molar refractivity (Wildman–Crippen MR) is 95.5 cm³/mol. The molecule has 0 radical (unpaired) electrons. The Balaban J connectivity index is 1.74. The van der Waals surface area contributed by atoms with Crippen molar-refractivity contribution in [1.82, 2.24) is 14.5 Å². The molecule has 0 unspecified atom stereocenters. The number of benzene rings is 2. The Bertz CT molecular complexity index is 1120. The van der Waals surface area contributed by atoms with Gasteiger partial charge < -0.3 is 0 Å². The molecule has 27 heavy (non-hydrogen) atoms. The molecule has 0 atom stereocenters. The van der Waals surface area contributed by atoms with Gasteiger partial charge >= 0.3 is 0 Å². The fourth-order valence-corrected chi connectivity index (χ4v) is 3.51. The van der Waals surface area contributed by atoms with Crippen LogP contribution in [-0.2, 0) is 16.6 Å². The van der Waals surface area contributed by atoms with Crippen LogP contribution >= 0.6 is 0 Å². The van der Waals surface area contributed by atoms with Crippen molar-refractivity contribution in [2.24, 2.45) is 0 Å². The van der Waals surface area contributed by atoms with E-state index >= 15 is 0 Å². The molecule has 0 aliphatic heterocycles. The van der Waals surface area contributed by atoms with E-state index in [4.69, 9.17) is 0 Å². The van der Waals surface area contributed by atoms with Crippen molar-refractivity contribution in [2.75, 3.05) is 6.54 Å². The van der Waals surface area contributed by atoms with E-state index in [1.54, 1.807) is 6.07 Å². The minimum Gasteiger partial charge on any atom is -0.268 e. The molecule has 140 valence electrons. The maximum absolute atomic E-state index is 13.7. The predicted octanol–water partition coefficient (Wildman–Crippen LogP) is 2.17. The molecule has 0 saturated heterocycles. The van der Waals surface area contributed by atoms with Crippen LogP contribution in [0.5, 0.6) is 0 Å². The monoisotopic (exact) mass is 391 g/mol. The summed E-state index contributed by atoms with van der Waals surface area (Å²) in [5, 5.41) is 4.21. The lowest BCUT2D eigenvalue weighted by atomic mass is 10.1. The quantitative estimate of drug-likeness (QED) is 0.698. The van der Waals surface area contributed by atoms with Gasteiger partial charge in [-0.15, -0.1) is 0 Å². The van der Waals surface area contributed by atoms with Crippen molar-refractivity contribution >= 4 is 10.0 Å². The zero-order valence-corrected chi connectivity index (χ0v) is 14.8. The highest BCUT2D eigenvalue weighted by Gasteiger charge is 2.19. The van der Waals surface area contributed by atoms with E-state index in [2.05, 4.69) is 9.82 Å². The molecular formula is C18H15F2N3O3S. The van der Waals surface area contributed by atoms with E-state index in [1.165, 1.54) is 6.07 Å². The summed E-state index contributed by atoms with van der Waals surface area (Å²) in [5.74, 6) is -2.07. The van der Waals surface area contributed by atoms with Crippen LogP contribution in [0.15, 0.2) is 70.4 Å². The first kappa shape index (κ1) is 18.9. The van der Waals surface area contributed by atoms with Crippen LogP contribution in [0.25, 0.3) is 11.3 Å². The average Bonchev–Trinajstić information content (AvgIpc) is 2.63. The molecule has 3 rings (SSSR count). The maximum atomic E-state index is 13.7. The maximum Gasteiger partial charge on any atom is 0.266 e. The Morgan fingerprint density at radius 1 is 1.00 bits per heavy atom. The van der Waals surface area contributed by atoms with Crippen LogP contribution in [0.3, 0.4) is 0 Å². The van der Waals surface area contributed by atoms with Crippen molar-refractivity contribution < 1.29 is 17.2 Å². The van der Waals surface area contributed by atoms with E-state index in [0.717, 1.165) is 22.4 Å². The highest BCUT2D eigenvalue weighted by Crippen LogP contribution is 2.15. The summed E-state index contributed by atoms with van der Waals surface area (Å²) in [6, 6.07) is 14.3. The lowest BCUT2D eigenvalue weighted by molar-refractivity contribution is 0.532. The number of nitrogens with zero attached hydrogens (tertiary/aromatic N) is 2. The molecule has 0 spiro atoms. The summed E-state index contributed by atoms with van der Waals surface area (Å²) in [5.41, 5.74) is 0.963. The normalized spacial score (nSPS) is 11.5. The first-order valence-corrected chi connectivity index (χ1v) is 9.43. The molecule has 2 aromatic carbocycles. The van der Waals surface area contributed by atoms with Crippen LogP contribution in [-0.4, -0.2) is 24.7 Å². The molecule has 0 saturated carbocycles. The third-order valence-electron chi connectivity index (χ3n) is 3.74. The van der Waals surface area contributed by atoms with E-state index in [0.29, 0.717) is 11.8 Å². The van der Waals surface area contributed by atoms with Crippen LogP contribution in [0.4, 0.5) is 8.78 Å². The molecule has 0 aliphatic rings. The Morgan fingerprint density at radius 3 is 2.44 bits per heavy atom. The second-order valence-electron chi connectivity index (χ2n) is 5.62. The fourth-order valence-electron chi connectivity index (χ4n) is 2.43. The summed E-state index contributed by atoms with van der Waals surface area (Å²) >= 11 is 0. The molecular weight excluding hydrogens is 376 g/mol. The molecule has 1 N–H and O–H groups in total. The largest absolute Gasteiger partial charge is 0.268 e. The zero-order valence-electron chi connectivity index (χ0n) is 14.0. The second kappa shape index (κ2) is 7.77. The molecule has 0 bridgehead atoms. The fraction of sp³-hybridized carbons (Fsp3) is 0.111. The Labute approximate surface area is 154 Å². The Morgan fingerprint density at radius 2 is 1.74 bits per heavy atom. The number of nitrogens with one attached hydrogen (secondary N) is 1. The zero-order chi connectivity index (χ0) is 19.4. The van der Waals surface area contributed by atoms with Gasteiger partial charge in [0, 0.05) is 24.2 Å². The van der Waals surface area contributed by atoms with E-state index < -0.39 is 32.1 Å². The lowest BCUT2D eigenvalue weighted by Gasteiger charge is -2.10. The minimum absolute atomic E-state index is 0.0540. The van der Waals surface area contributed by atoms with Crippen molar-refractivity contribution in [1.29, 1.82) is 0 Å². The third-order valence-corrected chi connectivity index (χ3v) is 5.23. The molecule has 1 heterocycles. The van der Waals surface area contributed by atoms with Gasteiger partial charge in [-0.2, -0.15) is 5.10 Å². The smallest absolute Gasteiger partial charge is 0.266 e. The van der Waals surface area contributed by atoms with Gasteiger partial charge in [-0.25, -0.2) is 26.6 Å². The molecule has 9 heteroatoms. The summed E-state index contributed by atoms with van der Waals surface area (Å²) < 4.78 is 54.2. The molecule has 3 aromatic rings. The van der Waals surface area contributed by atoms with Gasteiger partial charge in [-0.3, -0.25) is 4.79 Å². The van der Waals surface area contributed by atoms with Gasteiger partial charge in [0.15, 0.2) is 0 Å². The lowest BCUT2D eigenvalue weighted by Crippen LogP contribution is -2.32. The van der Waals surface area contributed by atoms with Crippen molar-refractivity contribution in [2.45, 2.75) is 11.4 Å². The Hall–Kier alpha value is -2.91. The van der Waals surface area contributed by atoms with Gasteiger partial charge in [0.2, 0.25) is 10.0 Å². The molecule has 0 aliphatic carbocycles. The number of halogens is 2.